The highest BCUT2D eigenvalue weighted by Gasteiger charge is 2.05. The molecule has 0 aromatic heterocycles. The van der Waals surface area contributed by atoms with Gasteiger partial charge in [-0.2, -0.15) is 0 Å². The molecule has 24 heavy (non-hydrogen) atoms. The molecule has 0 heterocycles. The van der Waals surface area contributed by atoms with E-state index >= 15 is 0 Å². The molecule has 0 radical (unpaired) electrons. The van der Waals surface area contributed by atoms with E-state index in [9.17, 15) is 8.78 Å². The van der Waals surface area contributed by atoms with Gasteiger partial charge in [0.25, 0.3) is 0 Å². The zero-order valence-electron chi connectivity index (χ0n) is 12.8. The van der Waals surface area contributed by atoms with E-state index < -0.39 is 0 Å². The van der Waals surface area contributed by atoms with Crippen LogP contribution in [0, 0.1) is 11.6 Å². The Bertz CT molecular complexity index is 990. The maximum Gasteiger partial charge on any atom is 0.131 e. The maximum atomic E-state index is 13.9. The quantitative estimate of drug-likeness (QED) is 0.373. The molecule has 0 amide bonds. The van der Waals surface area contributed by atoms with E-state index in [1.165, 1.54) is 12.1 Å². The second kappa shape index (κ2) is 5.89. The van der Waals surface area contributed by atoms with Crippen molar-refractivity contribution in [1.29, 1.82) is 0 Å². The lowest BCUT2D eigenvalue weighted by Crippen LogP contribution is -1.85. The van der Waals surface area contributed by atoms with Crippen LogP contribution in [0.15, 0.2) is 72.8 Å². The highest BCUT2D eigenvalue weighted by molar-refractivity contribution is 5.97. The number of halogens is 2. The van der Waals surface area contributed by atoms with Crippen molar-refractivity contribution in [2.24, 2.45) is 0 Å². The van der Waals surface area contributed by atoms with Gasteiger partial charge in [0, 0.05) is 10.8 Å². The Hall–Kier alpha value is -3.00. The average Bonchev–Trinajstić information content (AvgIpc) is 2.63. The van der Waals surface area contributed by atoms with Gasteiger partial charge < -0.3 is 0 Å². The molecule has 2 heteroatoms. The van der Waals surface area contributed by atoms with Crippen molar-refractivity contribution in [3.63, 3.8) is 0 Å². The Morgan fingerprint density at radius 2 is 0.833 bits per heavy atom. The van der Waals surface area contributed by atoms with Gasteiger partial charge in [0.1, 0.15) is 11.6 Å². The maximum absolute atomic E-state index is 13.9. The fraction of sp³-hybridized carbons (Fsp3) is 0. The molecule has 0 fully saturated rings. The molecule has 0 aliphatic rings. The average molecular weight is 316 g/mol. The first kappa shape index (κ1) is 14.6. The summed E-state index contributed by atoms with van der Waals surface area (Å²) < 4.78 is 27.8. The van der Waals surface area contributed by atoms with Crippen LogP contribution in [0.25, 0.3) is 33.7 Å². The fourth-order valence-electron chi connectivity index (χ4n) is 3.04. The molecule has 0 nitrogen and oxygen atoms in total. The first-order valence-electron chi connectivity index (χ1n) is 7.76. The normalized spacial score (nSPS) is 11.6. The van der Waals surface area contributed by atoms with E-state index in [1.807, 2.05) is 48.6 Å². The molecule has 0 atom stereocenters. The molecule has 0 aliphatic carbocycles. The molecule has 0 saturated heterocycles. The van der Waals surface area contributed by atoms with Crippen molar-refractivity contribution in [3.05, 3.63) is 95.6 Å². The van der Waals surface area contributed by atoms with E-state index in [1.54, 1.807) is 24.3 Å². The molecule has 0 aliphatic heterocycles. The lowest BCUT2D eigenvalue weighted by molar-refractivity contribution is 0.639. The zero-order valence-corrected chi connectivity index (χ0v) is 12.8. The Morgan fingerprint density at radius 1 is 0.458 bits per heavy atom. The van der Waals surface area contributed by atoms with E-state index in [-0.39, 0.29) is 11.6 Å². The Labute approximate surface area is 138 Å². The number of benzene rings is 4. The minimum Gasteiger partial charge on any atom is -0.206 e. The van der Waals surface area contributed by atoms with Crippen LogP contribution < -0.4 is 0 Å². The van der Waals surface area contributed by atoms with Crippen LogP contribution >= 0.6 is 0 Å². The third-order valence-corrected chi connectivity index (χ3v) is 4.25. The lowest BCUT2D eigenvalue weighted by atomic mass is 10.0. The van der Waals surface area contributed by atoms with Gasteiger partial charge in [0.2, 0.25) is 0 Å². The highest BCUT2D eigenvalue weighted by Crippen LogP contribution is 2.26. The Balaban J connectivity index is 1.85. The monoisotopic (exact) mass is 316 g/mol. The molecule has 0 spiro atoms. The summed E-state index contributed by atoms with van der Waals surface area (Å²) in [6.07, 6.45) is 3.89. The van der Waals surface area contributed by atoms with Crippen LogP contribution in [0.4, 0.5) is 8.78 Å². The van der Waals surface area contributed by atoms with Crippen molar-refractivity contribution >= 4 is 33.7 Å². The van der Waals surface area contributed by atoms with Gasteiger partial charge in [-0.3, -0.25) is 0 Å². The Kier molecular flexibility index (Phi) is 3.58. The van der Waals surface area contributed by atoms with Gasteiger partial charge in [-0.25, -0.2) is 8.78 Å². The summed E-state index contributed by atoms with van der Waals surface area (Å²) >= 11 is 0. The van der Waals surface area contributed by atoms with Crippen LogP contribution in [0.3, 0.4) is 0 Å². The minimum atomic E-state index is -0.227. The standard InChI is InChI=1S/C22H14F2/c23-21-13-11-15(17-5-1-3-7-19(17)21)9-10-16-12-14-22(24)20-8-4-2-6-18(16)20/h1-14H. The SMILES string of the molecule is Fc1ccc(C=Cc2ccc(F)c3ccccc23)c2ccccc12. The lowest BCUT2D eigenvalue weighted by Gasteiger charge is -2.05. The molecule has 0 bridgehead atoms. The molecule has 116 valence electrons. The van der Waals surface area contributed by atoms with Gasteiger partial charge in [-0.15, -0.1) is 0 Å². The number of fused-ring (bicyclic) bond motifs is 2. The molecule has 4 aromatic carbocycles. The van der Waals surface area contributed by atoms with Gasteiger partial charge in [0.15, 0.2) is 0 Å². The van der Waals surface area contributed by atoms with Crippen molar-refractivity contribution in [3.8, 4) is 0 Å². The molecule has 0 N–H and O–H groups in total. The first-order chi connectivity index (χ1) is 11.7. The summed E-state index contributed by atoms with van der Waals surface area (Å²) in [5.74, 6) is -0.454. The molecule has 4 rings (SSSR count). The predicted molar refractivity (Wildman–Crippen MR) is 96.7 cm³/mol. The zero-order chi connectivity index (χ0) is 16.5. The van der Waals surface area contributed by atoms with Gasteiger partial charge in [0.05, 0.1) is 0 Å². The molecule has 4 aromatic rings. The molecule has 0 saturated carbocycles. The van der Waals surface area contributed by atoms with Crippen molar-refractivity contribution in [1.82, 2.24) is 0 Å². The molecule has 0 unspecified atom stereocenters. The number of rotatable bonds is 2. The first-order valence-corrected chi connectivity index (χ1v) is 7.76. The van der Waals surface area contributed by atoms with Gasteiger partial charge in [-0.1, -0.05) is 72.8 Å². The van der Waals surface area contributed by atoms with Crippen molar-refractivity contribution in [2.45, 2.75) is 0 Å². The summed E-state index contributed by atoms with van der Waals surface area (Å²) in [5, 5.41) is 2.92. The summed E-state index contributed by atoms with van der Waals surface area (Å²) in [6.45, 7) is 0. The fourth-order valence-corrected chi connectivity index (χ4v) is 3.04. The summed E-state index contributed by atoms with van der Waals surface area (Å²) in [4.78, 5) is 0. The molecular weight excluding hydrogens is 302 g/mol. The van der Waals surface area contributed by atoms with Crippen LogP contribution in [-0.4, -0.2) is 0 Å². The second-order valence-electron chi connectivity index (χ2n) is 5.70. The van der Waals surface area contributed by atoms with Crippen LogP contribution in [-0.2, 0) is 0 Å². The predicted octanol–water partition coefficient (Wildman–Crippen LogP) is 6.44. The van der Waals surface area contributed by atoms with E-state index in [0.717, 1.165) is 21.9 Å². The van der Waals surface area contributed by atoms with Crippen LogP contribution in [0.2, 0.25) is 0 Å². The van der Waals surface area contributed by atoms with Crippen LogP contribution in [0.5, 0.6) is 0 Å². The molecular formula is C22H14F2. The number of hydrogen-bond acceptors (Lipinski definition) is 0. The summed E-state index contributed by atoms with van der Waals surface area (Å²) in [7, 11) is 0. The van der Waals surface area contributed by atoms with E-state index in [2.05, 4.69) is 0 Å². The number of hydrogen-bond donors (Lipinski definition) is 0. The van der Waals surface area contributed by atoms with Crippen LogP contribution in [0.1, 0.15) is 11.1 Å². The van der Waals surface area contributed by atoms with E-state index in [0.29, 0.717) is 10.8 Å². The smallest absolute Gasteiger partial charge is 0.131 e. The third kappa shape index (κ3) is 2.46. The second-order valence-corrected chi connectivity index (χ2v) is 5.70. The van der Waals surface area contributed by atoms with E-state index in [4.69, 9.17) is 0 Å². The topological polar surface area (TPSA) is 0 Å². The minimum absolute atomic E-state index is 0.227. The Morgan fingerprint density at radius 3 is 1.25 bits per heavy atom. The van der Waals surface area contributed by atoms with Gasteiger partial charge in [-0.05, 0) is 34.0 Å². The summed E-state index contributed by atoms with van der Waals surface area (Å²) in [5.41, 5.74) is 1.86. The summed E-state index contributed by atoms with van der Waals surface area (Å²) in [6, 6.07) is 21.3. The van der Waals surface area contributed by atoms with Crippen molar-refractivity contribution in [2.75, 3.05) is 0 Å². The van der Waals surface area contributed by atoms with Crippen molar-refractivity contribution < 1.29 is 8.78 Å². The largest absolute Gasteiger partial charge is 0.206 e. The third-order valence-electron chi connectivity index (χ3n) is 4.25. The highest BCUT2D eigenvalue weighted by atomic mass is 19.1. The van der Waals surface area contributed by atoms with Gasteiger partial charge >= 0.3 is 0 Å².